The lowest BCUT2D eigenvalue weighted by Gasteiger charge is -2.13. The summed E-state index contributed by atoms with van der Waals surface area (Å²) in [4.78, 5) is 19.8. The van der Waals surface area contributed by atoms with Gasteiger partial charge in [0.2, 0.25) is 0 Å². The lowest BCUT2D eigenvalue weighted by molar-refractivity contribution is -0.146. The van der Waals surface area contributed by atoms with E-state index < -0.39 is 16.6 Å². The Balaban J connectivity index is 4.40. The first-order valence-electron chi connectivity index (χ1n) is 2.71. The minimum atomic E-state index is -1.52. The fourth-order valence-corrected chi connectivity index (χ4v) is 0.413. The summed E-state index contributed by atoms with van der Waals surface area (Å²) in [5, 5.41) is 0. The standard InChI is InChI=1S/C6H9ClO3/c1-4(8)6(2,7)5(9)10-3/h1-3H3. The van der Waals surface area contributed by atoms with Crippen molar-refractivity contribution < 1.29 is 14.3 Å². The van der Waals surface area contributed by atoms with Crippen LogP contribution in [0.4, 0.5) is 0 Å². The Morgan fingerprint density at radius 2 is 1.90 bits per heavy atom. The molecule has 3 nitrogen and oxygen atoms in total. The smallest absolute Gasteiger partial charge is 0.334 e. The number of alkyl halides is 1. The Kier molecular flexibility index (Phi) is 2.84. The molecule has 1 atom stereocenters. The van der Waals surface area contributed by atoms with E-state index in [-0.39, 0.29) is 0 Å². The number of hydrogen-bond donors (Lipinski definition) is 0. The van der Waals surface area contributed by atoms with E-state index in [0.717, 1.165) is 0 Å². The van der Waals surface area contributed by atoms with Crippen LogP contribution in [-0.4, -0.2) is 23.7 Å². The van der Waals surface area contributed by atoms with E-state index in [1.165, 1.54) is 21.0 Å². The zero-order valence-corrected chi connectivity index (χ0v) is 6.86. The Morgan fingerprint density at radius 1 is 1.50 bits per heavy atom. The van der Waals surface area contributed by atoms with Crippen LogP contribution in [0.5, 0.6) is 0 Å². The van der Waals surface area contributed by atoms with Gasteiger partial charge in [0.1, 0.15) is 0 Å². The first kappa shape index (κ1) is 9.43. The Morgan fingerprint density at radius 3 is 2.00 bits per heavy atom. The Bertz CT molecular complexity index is 162. The van der Waals surface area contributed by atoms with Gasteiger partial charge in [-0.1, -0.05) is 11.6 Å². The molecule has 0 aliphatic heterocycles. The van der Waals surface area contributed by atoms with Gasteiger partial charge >= 0.3 is 5.97 Å². The molecule has 0 bridgehead atoms. The maximum absolute atomic E-state index is 10.7. The number of rotatable bonds is 2. The molecule has 4 heteroatoms. The van der Waals surface area contributed by atoms with Crippen LogP contribution >= 0.6 is 11.6 Å². The summed E-state index contributed by atoms with van der Waals surface area (Å²) in [6, 6.07) is 0. The number of carbonyl (C=O) groups is 2. The summed E-state index contributed by atoms with van der Waals surface area (Å²) in [7, 11) is 1.19. The van der Waals surface area contributed by atoms with Gasteiger partial charge in [0.25, 0.3) is 0 Å². The quantitative estimate of drug-likeness (QED) is 0.344. The van der Waals surface area contributed by atoms with Gasteiger partial charge in [-0.3, -0.25) is 4.79 Å². The molecule has 0 saturated carbocycles. The third-order valence-electron chi connectivity index (χ3n) is 1.23. The van der Waals surface area contributed by atoms with E-state index in [1.807, 2.05) is 0 Å². The topological polar surface area (TPSA) is 43.4 Å². The second-order valence-electron chi connectivity index (χ2n) is 2.05. The number of methoxy groups -OCH3 is 1. The first-order chi connectivity index (χ1) is 4.42. The number of hydrogen-bond acceptors (Lipinski definition) is 3. The summed E-state index contributed by atoms with van der Waals surface area (Å²) < 4.78 is 4.28. The average molecular weight is 165 g/mol. The molecule has 58 valence electrons. The van der Waals surface area contributed by atoms with Crippen molar-refractivity contribution in [2.75, 3.05) is 7.11 Å². The van der Waals surface area contributed by atoms with Crippen LogP contribution in [0, 0.1) is 0 Å². The molecule has 0 saturated heterocycles. The van der Waals surface area contributed by atoms with E-state index in [9.17, 15) is 9.59 Å². The van der Waals surface area contributed by atoms with Gasteiger partial charge in [-0.05, 0) is 13.8 Å². The summed E-state index contributed by atoms with van der Waals surface area (Å²) in [6.07, 6.45) is 0. The number of Topliss-reactive ketones (excluding diaryl/α,β-unsaturated/α-hetero) is 1. The highest BCUT2D eigenvalue weighted by molar-refractivity contribution is 6.45. The van der Waals surface area contributed by atoms with Gasteiger partial charge in [-0.25, -0.2) is 4.79 Å². The molecule has 1 unspecified atom stereocenters. The fourth-order valence-electron chi connectivity index (χ4n) is 0.335. The van der Waals surface area contributed by atoms with Crippen molar-refractivity contribution in [1.29, 1.82) is 0 Å². The van der Waals surface area contributed by atoms with Gasteiger partial charge in [0.05, 0.1) is 7.11 Å². The van der Waals surface area contributed by atoms with E-state index in [2.05, 4.69) is 4.74 Å². The van der Waals surface area contributed by atoms with Crippen LogP contribution in [0.3, 0.4) is 0 Å². The number of ketones is 1. The van der Waals surface area contributed by atoms with Crippen LogP contribution in [0.2, 0.25) is 0 Å². The highest BCUT2D eigenvalue weighted by atomic mass is 35.5. The summed E-state index contributed by atoms with van der Waals surface area (Å²) in [6.45, 7) is 2.55. The maximum Gasteiger partial charge on any atom is 0.334 e. The predicted octanol–water partition coefficient (Wildman–Crippen LogP) is 0.746. The molecule has 0 aliphatic carbocycles. The van der Waals surface area contributed by atoms with E-state index in [4.69, 9.17) is 11.6 Å². The monoisotopic (exact) mass is 164 g/mol. The van der Waals surface area contributed by atoms with Gasteiger partial charge in [0, 0.05) is 0 Å². The maximum atomic E-state index is 10.7. The highest BCUT2D eigenvalue weighted by Crippen LogP contribution is 2.16. The van der Waals surface area contributed by atoms with Crippen molar-refractivity contribution in [1.82, 2.24) is 0 Å². The normalized spacial score (nSPS) is 15.6. The average Bonchev–Trinajstić information content (AvgIpc) is 1.86. The number of esters is 1. The molecule has 0 aromatic heterocycles. The molecule has 0 aromatic rings. The third kappa shape index (κ3) is 1.70. The van der Waals surface area contributed by atoms with Gasteiger partial charge < -0.3 is 4.74 Å². The number of halogens is 1. The largest absolute Gasteiger partial charge is 0.467 e. The third-order valence-corrected chi connectivity index (χ3v) is 1.65. The number of ether oxygens (including phenoxy) is 1. The molecule has 0 aliphatic rings. The first-order valence-corrected chi connectivity index (χ1v) is 3.09. The molecule has 0 radical (unpaired) electrons. The van der Waals surface area contributed by atoms with Crippen LogP contribution in [0.25, 0.3) is 0 Å². The van der Waals surface area contributed by atoms with Crippen molar-refractivity contribution in [2.24, 2.45) is 0 Å². The SMILES string of the molecule is COC(=O)C(C)(Cl)C(C)=O. The van der Waals surface area contributed by atoms with E-state index >= 15 is 0 Å². The van der Waals surface area contributed by atoms with Crippen molar-refractivity contribution in [3.05, 3.63) is 0 Å². The van der Waals surface area contributed by atoms with Gasteiger partial charge in [0.15, 0.2) is 10.7 Å². The predicted molar refractivity (Wildman–Crippen MR) is 37.0 cm³/mol. The van der Waals surface area contributed by atoms with Gasteiger partial charge in [-0.15, -0.1) is 0 Å². The molecule has 10 heavy (non-hydrogen) atoms. The minimum absolute atomic E-state index is 0.416. The Hall–Kier alpha value is -0.570. The molecule has 0 aromatic carbocycles. The summed E-state index contributed by atoms with van der Waals surface area (Å²) in [5.74, 6) is -1.14. The summed E-state index contributed by atoms with van der Waals surface area (Å²) in [5.41, 5.74) is 0. The lowest BCUT2D eigenvalue weighted by atomic mass is 10.1. The van der Waals surface area contributed by atoms with E-state index in [0.29, 0.717) is 0 Å². The molecule has 0 heterocycles. The van der Waals surface area contributed by atoms with Crippen LogP contribution in [0.15, 0.2) is 0 Å². The van der Waals surface area contributed by atoms with Crippen LogP contribution in [-0.2, 0) is 14.3 Å². The second-order valence-corrected chi connectivity index (χ2v) is 2.81. The van der Waals surface area contributed by atoms with Crippen molar-refractivity contribution in [2.45, 2.75) is 18.7 Å². The molecular weight excluding hydrogens is 156 g/mol. The molecule has 0 amide bonds. The minimum Gasteiger partial charge on any atom is -0.467 e. The zero-order chi connectivity index (χ0) is 8.36. The lowest BCUT2D eigenvalue weighted by Crippen LogP contribution is -2.37. The fraction of sp³-hybridized carbons (Fsp3) is 0.667. The molecule has 0 rings (SSSR count). The highest BCUT2D eigenvalue weighted by Gasteiger charge is 2.36. The van der Waals surface area contributed by atoms with Crippen LogP contribution < -0.4 is 0 Å². The molecule has 0 fully saturated rings. The van der Waals surface area contributed by atoms with E-state index in [1.54, 1.807) is 0 Å². The molecular formula is C6H9ClO3. The van der Waals surface area contributed by atoms with Gasteiger partial charge in [-0.2, -0.15) is 0 Å². The summed E-state index contributed by atoms with van der Waals surface area (Å²) >= 11 is 5.50. The second kappa shape index (κ2) is 3.01. The zero-order valence-electron chi connectivity index (χ0n) is 6.10. The van der Waals surface area contributed by atoms with Crippen molar-refractivity contribution in [3.8, 4) is 0 Å². The molecule has 0 spiro atoms. The van der Waals surface area contributed by atoms with Crippen molar-refractivity contribution >= 4 is 23.4 Å². The molecule has 0 N–H and O–H groups in total. The number of carbonyl (C=O) groups excluding carboxylic acids is 2. The van der Waals surface area contributed by atoms with Crippen LogP contribution in [0.1, 0.15) is 13.8 Å². The van der Waals surface area contributed by atoms with Crippen molar-refractivity contribution in [3.63, 3.8) is 0 Å². The Labute approximate surface area is 64.3 Å².